The van der Waals surface area contributed by atoms with E-state index in [0.29, 0.717) is 0 Å². The van der Waals surface area contributed by atoms with E-state index < -0.39 is 11.7 Å². The molecule has 0 unspecified atom stereocenters. The van der Waals surface area contributed by atoms with E-state index in [-0.39, 0.29) is 11.3 Å². The van der Waals surface area contributed by atoms with Gasteiger partial charge in [0.1, 0.15) is 11.6 Å². The van der Waals surface area contributed by atoms with Gasteiger partial charge in [0.05, 0.1) is 5.56 Å². The second kappa shape index (κ2) is 6.39. The van der Waals surface area contributed by atoms with Gasteiger partial charge in [-0.2, -0.15) is 0 Å². The van der Waals surface area contributed by atoms with Gasteiger partial charge in [-0.05, 0) is 36.1 Å². The molecule has 0 aliphatic carbocycles. The van der Waals surface area contributed by atoms with Crippen LogP contribution in [0.4, 0.5) is 10.1 Å². The number of aromatic hydroxyl groups is 1. The predicted octanol–water partition coefficient (Wildman–Crippen LogP) is 3.91. The smallest absolute Gasteiger partial charge is 0.259 e. The molecule has 0 bridgehead atoms. The van der Waals surface area contributed by atoms with Crippen LogP contribution in [0.15, 0.2) is 36.4 Å². The van der Waals surface area contributed by atoms with Crippen molar-refractivity contribution in [2.75, 3.05) is 5.32 Å². The number of benzene rings is 2. The molecule has 0 saturated carbocycles. The molecule has 0 radical (unpaired) electrons. The van der Waals surface area contributed by atoms with Gasteiger partial charge in [0, 0.05) is 11.8 Å². The van der Waals surface area contributed by atoms with Crippen LogP contribution in [0, 0.1) is 5.82 Å². The van der Waals surface area contributed by atoms with Crippen molar-refractivity contribution in [1.82, 2.24) is 0 Å². The fourth-order valence-electron chi connectivity index (χ4n) is 2.28. The number of hydrogen-bond acceptors (Lipinski definition) is 2. The number of hydrogen-bond donors (Lipinski definition) is 2. The summed E-state index contributed by atoms with van der Waals surface area (Å²) in [7, 11) is 0. The normalized spacial score (nSPS) is 10.4. The number of phenolic OH excluding ortho intramolecular Hbond substituents is 1. The summed E-state index contributed by atoms with van der Waals surface area (Å²) < 4.78 is 13.0. The first kappa shape index (κ1) is 15.0. The van der Waals surface area contributed by atoms with Crippen molar-refractivity contribution >= 4 is 11.6 Å². The fourth-order valence-corrected chi connectivity index (χ4v) is 2.28. The Morgan fingerprint density at radius 3 is 2.29 bits per heavy atom. The lowest BCUT2D eigenvalue weighted by atomic mass is 10.0. The largest absolute Gasteiger partial charge is 0.507 e. The quantitative estimate of drug-likeness (QED) is 0.895. The van der Waals surface area contributed by atoms with E-state index in [9.17, 15) is 14.3 Å². The van der Waals surface area contributed by atoms with E-state index in [0.717, 1.165) is 41.8 Å². The Morgan fingerprint density at radius 1 is 1.14 bits per heavy atom. The Hall–Kier alpha value is -2.36. The van der Waals surface area contributed by atoms with Crippen molar-refractivity contribution in [2.45, 2.75) is 26.7 Å². The molecule has 21 heavy (non-hydrogen) atoms. The molecular formula is C17H18FNO2. The highest BCUT2D eigenvalue weighted by Gasteiger charge is 2.15. The van der Waals surface area contributed by atoms with Gasteiger partial charge in [0.2, 0.25) is 0 Å². The number of nitrogens with one attached hydrogen (secondary N) is 1. The first-order valence-corrected chi connectivity index (χ1v) is 6.97. The van der Waals surface area contributed by atoms with Crippen molar-refractivity contribution < 1.29 is 14.3 Å². The maximum atomic E-state index is 13.0. The van der Waals surface area contributed by atoms with E-state index in [1.54, 1.807) is 0 Å². The lowest BCUT2D eigenvalue weighted by Gasteiger charge is -2.14. The summed E-state index contributed by atoms with van der Waals surface area (Å²) in [5.74, 6) is -1.38. The number of para-hydroxylation sites is 1. The Balaban J connectivity index is 2.35. The molecule has 0 heterocycles. The standard InChI is InChI=1S/C17H18FNO2/c1-3-11-6-5-7-12(4-2)16(11)19-17(21)14-9-8-13(18)10-15(14)20/h5-10,20H,3-4H2,1-2H3,(H,19,21). The molecule has 0 fully saturated rings. The minimum absolute atomic E-state index is 0.0596. The maximum Gasteiger partial charge on any atom is 0.259 e. The van der Waals surface area contributed by atoms with Crippen molar-refractivity contribution in [3.05, 3.63) is 58.9 Å². The number of rotatable bonds is 4. The third kappa shape index (κ3) is 3.21. The van der Waals surface area contributed by atoms with Gasteiger partial charge >= 0.3 is 0 Å². The minimum Gasteiger partial charge on any atom is -0.507 e. The van der Waals surface area contributed by atoms with E-state index >= 15 is 0 Å². The predicted molar refractivity (Wildman–Crippen MR) is 81.2 cm³/mol. The number of halogens is 1. The molecule has 0 saturated heterocycles. The molecular weight excluding hydrogens is 269 g/mol. The SMILES string of the molecule is CCc1cccc(CC)c1NC(=O)c1ccc(F)cc1O. The molecule has 0 spiro atoms. The van der Waals surface area contributed by atoms with Gasteiger partial charge in [-0.15, -0.1) is 0 Å². The summed E-state index contributed by atoms with van der Waals surface area (Å²) >= 11 is 0. The minimum atomic E-state index is -0.577. The Morgan fingerprint density at radius 2 is 1.76 bits per heavy atom. The summed E-state index contributed by atoms with van der Waals surface area (Å²) in [5.41, 5.74) is 2.90. The summed E-state index contributed by atoms with van der Waals surface area (Å²) in [5, 5.41) is 12.5. The molecule has 0 aliphatic heterocycles. The zero-order valence-corrected chi connectivity index (χ0v) is 12.1. The van der Waals surface area contributed by atoms with Crippen LogP contribution in [-0.4, -0.2) is 11.0 Å². The Labute approximate surface area is 123 Å². The summed E-state index contributed by atoms with van der Waals surface area (Å²) in [6.07, 6.45) is 1.58. The van der Waals surface area contributed by atoms with Crippen LogP contribution in [0.1, 0.15) is 35.3 Å². The number of phenols is 1. The van der Waals surface area contributed by atoms with Gasteiger partial charge in [0.15, 0.2) is 0 Å². The lowest BCUT2D eigenvalue weighted by molar-refractivity contribution is 0.102. The third-order valence-electron chi connectivity index (χ3n) is 3.44. The molecule has 3 nitrogen and oxygen atoms in total. The first-order chi connectivity index (χ1) is 10.1. The van der Waals surface area contributed by atoms with Crippen molar-refractivity contribution in [2.24, 2.45) is 0 Å². The molecule has 1 amide bonds. The van der Waals surface area contributed by atoms with Gasteiger partial charge in [0.25, 0.3) is 5.91 Å². The van der Waals surface area contributed by atoms with Crippen LogP contribution in [0.25, 0.3) is 0 Å². The summed E-state index contributed by atoms with van der Waals surface area (Å²) in [6.45, 7) is 4.03. The van der Waals surface area contributed by atoms with Crippen LogP contribution in [0.3, 0.4) is 0 Å². The number of carbonyl (C=O) groups excluding carboxylic acids is 1. The monoisotopic (exact) mass is 287 g/mol. The first-order valence-electron chi connectivity index (χ1n) is 6.97. The lowest BCUT2D eigenvalue weighted by Crippen LogP contribution is -2.15. The molecule has 0 aliphatic rings. The molecule has 4 heteroatoms. The molecule has 110 valence electrons. The van der Waals surface area contributed by atoms with E-state index in [2.05, 4.69) is 5.32 Å². The average Bonchev–Trinajstić information content (AvgIpc) is 2.47. The third-order valence-corrected chi connectivity index (χ3v) is 3.44. The van der Waals surface area contributed by atoms with Gasteiger partial charge < -0.3 is 10.4 Å². The van der Waals surface area contributed by atoms with Gasteiger partial charge in [-0.1, -0.05) is 32.0 Å². The highest BCUT2D eigenvalue weighted by Crippen LogP contribution is 2.25. The van der Waals surface area contributed by atoms with Crippen molar-refractivity contribution in [3.63, 3.8) is 0 Å². The number of carbonyl (C=O) groups is 1. The molecule has 2 aromatic rings. The second-order valence-corrected chi connectivity index (χ2v) is 4.77. The number of amides is 1. The zero-order chi connectivity index (χ0) is 15.4. The summed E-state index contributed by atoms with van der Waals surface area (Å²) in [4.78, 5) is 12.3. The Kier molecular flexibility index (Phi) is 4.58. The average molecular weight is 287 g/mol. The zero-order valence-electron chi connectivity index (χ0n) is 12.1. The molecule has 2 N–H and O–H groups in total. The van der Waals surface area contributed by atoms with Crippen LogP contribution in [0.2, 0.25) is 0 Å². The highest BCUT2D eigenvalue weighted by molar-refractivity contribution is 6.06. The maximum absolute atomic E-state index is 13.0. The van der Waals surface area contributed by atoms with E-state index in [4.69, 9.17) is 0 Å². The molecule has 0 aromatic heterocycles. The molecule has 2 aromatic carbocycles. The fraction of sp³-hybridized carbons (Fsp3) is 0.235. The number of aryl methyl sites for hydroxylation is 2. The molecule has 2 rings (SSSR count). The topological polar surface area (TPSA) is 49.3 Å². The van der Waals surface area contributed by atoms with E-state index in [1.165, 1.54) is 6.07 Å². The van der Waals surface area contributed by atoms with Gasteiger partial charge in [-0.25, -0.2) is 4.39 Å². The van der Waals surface area contributed by atoms with E-state index in [1.807, 2.05) is 32.0 Å². The van der Waals surface area contributed by atoms with Crippen molar-refractivity contribution in [3.8, 4) is 5.75 Å². The van der Waals surface area contributed by atoms with Crippen LogP contribution >= 0.6 is 0 Å². The van der Waals surface area contributed by atoms with Crippen LogP contribution in [0.5, 0.6) is 5.75 Å². The van der Waals surface area contributed by atoms with Gasteiger partial charge in [-0.3, -0.25) is 4.79 Å². The highest BCUT2D eigenvalue weighted by atomic mass is 19.1. The molecule has 0 atom stereocenters. The van der Waals surface area contributed by atoms with Crippen LogP contribution in [-0.2, 0) is 12.8 Å². The van der Waals surface area contributed by atoms with Crippen LogP contribution < -0.4 is 5.32 Å². The van der Waals surface area contributed by atoms with Crippen molar-refractivity contribution in [1.29, 1.82) is 0 Å². The number of anilines is 1. The summed E-state index contributed by atoms with van der Waals surface area (Å²) in [6, 6.07) is 9.24. The second-order valence-electron chi connectivity index (χ2n) is 4.77. The Bertz CT molecular complexity index is 646.